The molecule has 0 radical (unpaired) electrons. The van der Waals surface area contributed by atoms with E-state index in [4.69, 9.17) is 0 Å². The van der Waals surface area contributed by atoms with Crippen molar-refractivity contribution in [3.05, 3.63) is 25.6 Å². The highest BCUT2D eigenvalue weighted by molar-refractivity contribution is 9.11. The van der Waals surface area contributed by atoms with Crippen LogP contribution in [0.4, 0.5) is 0 Å². The van der Waals surface area contributed by atoms with E-state index in [-0.39, 0.29) is 0 Å². The molecule has 3 heteroatoms. The molecule has 0 saturated heterocycles. The minimum Gasteiger partial charge on any atom is -0.507 e. The smallest absolute Gasteiger partial charge is 0.123 e. The van der Waals surface area contributed by atoms with Crippen LogP contribution >= 0.6 is 31.9 Å². The van der Waals surface area contributed by atoms with Crippen molar-refractivity contribution in [2.75, 3.05) is 0 Å². The third-order valence-corrected chi connectivity index (χ3v) is 6.68. The van der Waals surface area contributed by atoms with Crippen LogP contribution < -0.4 is 0 Å². The summed E-state index contributed by atoms with van der Waals surface area (Å²) in [6.07, 6.45) is 3.73. The predicted molar refractivity (Wildman–Crippen MR) is 92.5 cm³/mol. The van der Waals surface area contributed by atoms with Crippen LogP contribution in [0.1, 0.15) is 62.6 Å². The molecule has 1 aliphatic carbocycles. The lowest BCUT2D eigenvalue weighted by atomic mass is 9.66. The summed E-state index contributed by atoms with van der Waals surface area (Å²) < 4.78 is 2.14. The lowest BCUT2D eigenvalue weighted by molar-refractivity contribution is 0.168. The summed E-state index contributed by atoms with van der Waals surface area (Å²) in [5.41, 5.74) is 3.65. The predicted octanol–water partition coefficient (Wildman–Crippen LogP) is 6.46. The molecular weight excluding hydrogens is 380 g/mol. The molecule has 0 heterocycles. The number of hydrogen-bond donors (Lipinski definition) is 1. The molecule has 1 aliphatic rings. The average molecular weight is 404 g/mol. The molecular formula is C17H24Br2O. The first-order valence-electron chi connectivity index (χ1n) is 7.31. The van der Waals surface area contributed by atoms with Gasteiger partial charge in [0.1, 0.15) is 5.75 Å². The first-order valence-corrected chi connectivity index (χ1v) is 8.89. The van der Waals surface area contributed by atoms with Gasteiger partial charge in [-0.25, -0.2) is 0 Å². The van der Waals surface area contributed by atoms with E-state index in [1.807, 2.05) is 13.8 Å². The highest BCUT2D eigenvalue weighted by atomic mass is 79.9. The van der Waals surface area contributed by atoms with Crippen molar-refractivity contribution in [1.29, 1.82) is 0 Å². The van der Waals surface area contributed by atoms with Crippen LogP contribution in [0.25, 0.3) is 0 Å². The summed E-state index contributed by atoms with van der Waals surface area (Å²) in [5, 5.41) is 10.2. The zero-order valence-electron chi connectivity index (χ0n) is 13.0. The number of phenols is 1. The molecule has 0 amide bonds. The van der Waals surface area contributed by atoms with Crippen molar-refractivity contribution in [3.8, 4) is 5.75 Å². The number of aromatic hydroxyl groups is 1. The maximum absolute atomic E-state index is 10.2. The molecule has 1 aromatic rings. The van der Waals surface area contributed by atoms with Crippen LogP contribution in [0, 0.1) is 25.2 Å². The molecule has 2 rings (SSSR count). The van der Waals surface area contributed by atoms with Gasteiger partial charge in [0, 0.05) is 20.1 Å². The Morgan fingerprint density at radius 1 is 1.05 bits per heavy atom. The van der Waals surface area contributed by atoms with Crippen molar-refractivity contribution >= 4 is 31.9 Å². The number of phenolic OH excluding ortho intramolecular Hbond substituents is 1. The molecule has 1 nitrogen and oxygen atoms in total. The molecule has 0 spiro atoms. The normalized spacial score (nSPS) is 25.8. The Morgan fingerprint density at radius 3 is 2.00 bits per heavy atom. The average Bonchev–Trinajstić information content (AvgIpc) is 2.32. The van der Waals surface area contributed by atoms with Gasteiger partial charge < -0.3 is 5.11 Å². The van der Waals surface area contributed by atoms with E-state index in [0.717, 1.165) is 26.0 Å². The molecule has 0 bridgehead atoms. The van der Waals surface area contributed by atoms with Crippen molar-refractivity contribution in [1.82, 2.24) is 0 Å². The van der Waals surface area contributed by atoms with Crippen LogP contribution in [-0.2, 0) is 0 Å². The van der Waals surface area contributed by atoms with E-state index >= 15 is 0 Å². The van der Waals surface area contributed by atoms with Gasteiger partial charge in [0.25, 0.3) is 0 Å². The maximum Gasteiger partial charge on any atom is 0.123 e. The molecule has 1 fully saturated rings. The first-order chi connectivity index (χ1) is 9.14. The zero-order chi connectivity index (χ0) is 15.2. The molecule has 1 N–H and O–H groups in total. The Balaban J connectivity index is 2.53. The second-order valence-electron chi connectivity index (χ2n) is 7.25. The van der Waals surface area contributed by atoms with E-state index in [9.17, 15) is 5.11 Å². The van der Waals surface area contributed by atoms with Crippen molar-refractivity contribution in [2.24, 2.45) is 11.3 Å². The molecule has 20 heavy (non-hydrogen) atoms. The molecule has 1 aromatic carbocycles. The summed E-state index contributed by atoms with van der Waals surface area (Å²) in [6, 6.07) is 0. The van der Waals surface area contributed by atoms with Gasteiger partial charge in [-0.3, -0.25) is 0 Å². The maximum atomic E-state index is 10.2. The number of benzene rings is 1. The Morgan fingerprint density at radius 2 is 1.55 bits per heavy atom. The second kappa shape index (κ2) is 5.64. The number of hydrogen-bond acceptors (Lipinski definition) is 1. The summed E-state index contributed by atoms with van der Waals surface area (Å²) >= 11 is 7.44. The Hall–Kier alpha value is -0.0200. The summed E-state index contributed by atoms with van der Waals surface area (Å²) in [6.45, 7) is 11.1. The lowest BCUT2D eigenvalue weighted by Crippen LogP contribution is -2.27. The van der Waals surface area contributed by atoms with Gasteiger partial charge in [0.05, 0.1) is 0 Å². The van der Waals surface area contributed by atoms with Gasteiger partial charge in [-0.05, 0) is 55.9 Å². The van der Waals surface area contributed by atoms with E-state index in [0.29, 0.717) is 17.1 Å². The molecule has 2 atom stereocenters. The lowest BCUT2D eigenvalue weighted by Gasteiger charge is -2.40. The molecule has 0 aliphatic heterocycles. The Kier molecular flexibility index (Phi) is 4.61. The molecule has 2 unspecified atom stereocenters. The van der Waals surface area contributed by atoms with E-state index in [2.05, 4.69) is 52.6 Å². The van der Waals surface area contributed by atoms with Crippen LogP contribution in [0.3, 0.4) is 0 Å². The monoisotopic (exact) mass is 402 g/mol. The highest BCUT2D eigenvalue weighted by Crippen LogP contribution is 2.51. The quantitative estimate of drug-likeness (QED) is 0.569. The van der Waals surface area contributed by atoms with Crippen LogP contribution in [0.5, 0.6) is 5.75 Å². The SMILES string of the molecule is Cc1c(O)c(C)c(Br)c(C2CC(C)CC(C)(C)C2)c1Br. The van der Waals surface area contributed by atoms with E-state index in [1.165, 1.54) is 24.8 Å². The standard InChI is InChI=1S/C17H24Br2O/c1-9-6-12(8-17(4,5)7-9)13-14(18)10(2)16(20)11(3)15(13)19/h9,12,20H,6-8H2,1-5H3. The van der Waals surface area contributed by atoms with E-state index < -0.39 is 0 Å². The fourth-order valence-electron chi connectivity index (χ4n) is 3.91. The molecule has 0 aromatic heterocycles. The first kappa shape index (κ1) is 16.4. The number of rotatable bonds is 1. The second-order valence-corrected chi connectivity index (χ2v) is 8.84. The third-order valence-electron chi connectivity index (χ3n) is 4.64. The molecule has 112 valence electrons. The van der Waals surface area contributed by atoms with Crippen molar-refractivity contribution < 1.29 is 5.11 Å². The van der Waals surface area contributed by atoms with Gasteiger partial charge in [0.2, 0.25) is 0 Å². The fraction of sp³-hybridized carbons (Fsp3) is 0.647. The Bertz CT molecular complexity index is 505. The zero-order valence-corrected chi connectivity index (χ0v) is 16.2. The highest BCUT2D eigenvalue weighted by Gasteiger charge is 2.35. The third kappa shape index (κ3) is 2.94. The van der Waals surface area contributed by atoms with Crippen LogP contribution in [0.2, 0.25) is 0 Å². The summed E-state index contributed by atoms with van der Waals surface area (Å²) in [4.78, 5) is 0. The van der Waals surface area contributed by atoms with Crippen LogP contribution in [0.15, 0.2) is 8.95 Å². The van der Waals surface area contributed by atoms with Crippen LogP contribution in [-0.4, -0.2) is 5.11 Å². The van der Waals surface area contributed by atoms with Gasteiger partial charge in [0.15, 0.2) is 0 Å². The Labute approximate surface area is 139 Å². The summed E-state index contributed by atoms with van der Waals surface area (Å²) in [5.74, 6) is 1.70. The summed E-state index contributed by atoms with van der Waals surface area (Å²) in [7, 11) is 0. The van der Waals surface area contributed by atoms with Gasteiger partial charge in [-0.15, -0.1) is 0 Å². The number of halogens is 2. The van der Waals surface area contributed by atoms with Gasteiger partial charge in [-0.1, -0.05) is 52.6 Å². The van der Waals surface area contributed by atoms with Crippen molar-refractivity contribution in [2.45, 2.75) is 59.8 Å². The minimum absolute atomic E-state index is 0.390. The van der Waals surface area contributed by atoms with Gasteiger partial charge >= 0.3 is 0 Å². The van der Waals surface area contributed by atoms with Gasteiger partial charge in [-0.2, -0.15) is 0 Å². The van der Waals surface area contributed by atoms with E-state index in [1.54, 1.807) is 0 Å². The van der Waals surface area contributed by atoms with Crippen molar-refractivity contribution in [3.63, 3.8) is 0 Å². The fourth-order valence-corrected chi connectivity index (χ4v) is 5.60. The molecule has 1 saturated carbocycles. The largest absolute Gasteiger partial charge is 0.507 e. The minimum atomic E-state index is 0.390. The topological polar surface area (TPSA) is 20.2 Å².